The second kappa shape index (κ2) is 8.44. The quantitative estimate of drug-likeness (QED) is 0.495. The van der Waals surface area contributed by atoms with Gasteiger partial charge in [-0.05, 0) is 30.3 Å². The maximum Gasteiger partial charge on any atom is 0.277 e. The van der Waals surface area contributed by atoms with Crippen LogP contribution in [0.2, 0.25) is 0 Å². The number of aromatic nitrogens is 1. The van der Waals surface area contributed by atoms with Gasteiger partial charge in [0.05, 0.1) is 13.3 Å². The van der Waals surface area contributed by atoms with E-state index in [4.69, 9.17) is 9.47 Å². The van der Waals surface area contributed by atoms with Gasteiger partial charge in [-0.25, -0.2) is 5.43 Å². The van der Waals surface area contributed by atoms with Crippen LogP contribution >= 0.6 is 15.9 Å². The van der Waals surface area contributed by atoms with Crippen molar-refractivity contribution in [2.75, 3.05) is 13.7 Å². The van der Waals surface area contributed by atoms with Crippen molar-refractivity contribution in [1.29, 1.82) is 0 Å². The van der Waals surface area contributed by atoms with Crippen LogP contribution < -0.4 is 14.9 Å². The molecule has 3 rings (SSSR count). The van der Waals surface area contributed by atoms with Crippen molar-refractivity contribution in [3.63, 3.8) is 0 Å². The molecule has 0 bridgehead atoms. The molecule has 0 atom stereocenters. The highest BCUT2D eigenvalue weighted by Gasteiger charge is 2.06. The first kappa shape index (κ1) is 17.9. The number of carbonyl (C=O) groups is 1. The molecule has 6 nitrogen and oxygen atoms in total. The highest BCUT2D eigenvalue weighted by Crippen LogP contribution is 2.23. The lowest BCUT2D eigenvalue weighted by atomic mass is 10.2. The number of halogens is 1. The summed E-state index contributed by atoms with van der Waals surface area (Å²) >= 11 is 3.42. The molecule has 0 unspecified atom stereocenters. The number of hydrogen-bond acceptors (Lipinski definition) is 5. The van der Waals surface area contributed by atoms with Crippen molar-refractivity contribution in [3.05, 3.63) is 64.8 Å². The largest absolute Gasteiger partial charge is 0.497 e. The number of rotatable bonds is 6. The topological polar surface area (TPSA) is 72.8 Å². The molecule has 1 heterocycles. The van der Waals surface area contributed by atoms with E-state index in [1.54, 1.807) is 25.4 Å². The number of pyridine rings is 1. The zero-order valence-corrected chi connectivity index (χ0v) is 15.6. The molecule has 0 aliphatic carbocycles. The molecule has 0 spiro atoms. The Morgan fingerprint density at radius 1 is 1.27 bits per heavy atom. The molecule has 26 heavy (non-hydrogen) atoms. The second-order valence-electron chi connectivity index (χ2n) is 5.30. The summed E-state index contributed by atoms with van der Waals surface area (Å²) in [7, 11) is 1.59. The van der Waals surface area contributed by atoms with Gasteiger partial charge in [0.25, 0.3) is 5.91 Å². The number of benzene rings is 2. The molecular formula is C19H16BrN3O3. The third-order valence-corrected chi connectivity index (χ3v) is 4.27. The monoisotopic (exact) mass is 413 g/mol. The summed E-state index contributed by atoms with van der Waals surface area (Å²) in [6.07, 6.45) is 3.22. The van der Waals surface area contributed by atoms with Crippen molar-refractivity contribution in [3.8, 4) is 11.5 Å². The van der Waals surface area contributed by atoms with Crippen LogP contribution in [0.4, 0.5) is 0 Å². The lowest BCUT2D eigenvalue weighted by molar-refractivity contribution is -0.123. The molecular weight excluding hydrogens is 398 g/mol. The normalized spacial score (nSPS) is 10.8. The summed E-state index contributed by atoms with van der Waals surface area (Å²) in [4.78, 5) is 16.2. The van der Waals surface area contributed by atoms with Crippen LogP contribution in [0.1, 0.15) is 5.56 Å². The molecule has 0 saturated carbocycles. The average molecular weight is 414 g/mol. The van der Waals surface area contributed by atoms with Gasteiger partial charge in [0.2, 0.25) is 0 Å². The van der Waals surface area contributed by atoms with Gasteiger partial charge in [-0.3, -0.25) is 9.78 Å². The molecule has 1 amide bonds. The fourth-order valence-electron chi connectivity index (χ4n) is 2.29. The smallest absolute Gasteiger partial charge is 0.277 e. The molecule has 3 aromatic rings. The number of ether oxygens (including phenoxy) is 2. The zero-order chi connectivity index (χ0) is 18.4. The first-order chi connectivity index (χ1) is 12.7. The predicted octanol–water partition coefficient (Wildman–Crippen LogP) is 3.54. The van der Waals surface area contributed by atoms with E-state index in [9.17, 15) is 4.79 Å². The number of carbonyl (C=O) groups excluding carboxylic acids is 1. The van der Waals surface area contributed by atoms with E-state index in [1.165, 1.54) is 6.21 Å². The van der Waals surface area contributed by atoms with Crippen molar-refractivity contribution < 1.29 is 14.3 Å². The highest BCUT2D eigenvalue weighted by atomic mass is 79.9. The van der Waals surface area contributed by atoms with Crippen molar-refractivity contribution in [2.45, 2.75) is 0 Å². The first-order valence-electron chi connectivity index (χ1n) is 7.79. The Balaban J connectivity index is 1.59. The van der Waals surface area contributed by atoms with Crippen LogP contribution in [0.5, 0.6) is 11.5 Å². The third-order valence-electron chi connectivity index (χ3n) is 3.55. The van der Waals surface area contributed by atoms with Crippen LogP contribution in [0.15, 0.2) is 64.3 Å². The minimum atomic E-state index is -0.367. The van der Waals surface area contributed by atoms with Gasteiger partial charge in [-0.15, -0.1) is 0 Å². The maximum atomic E-state index is 11.9. The summed E-state index contributed by atoms with van der Waals surface area (Å²) in [5, 5.41) is 4.90. The summed E-state index contributed by atoms with van der Waals surface area (Å²) in [5.74, 6) is 0.888. The lowest BCUT2D eigenvalue weighted by Gasteiger charge is -2.07. The van der Waals surface area contributed by atoms with Crippen LogP contribution in [-0.4, -0.2) is 30.8 Å². The number of amides is 1. The Morgan fingerprint density at radius 3 is 2.96 bits per heavy atom. The van der Waals surface area contributed by atoms with Gasteiger partial charge < -0.3 is 9.47 Å². The third kappa shape index (κ3) is 4.37. The van der Waals surface area contributed by atoms with Gasteiger partial charge >= 0.3 is 0 Å². The Hall–Kier alpha value is -2.93. The summed E-state index contributed by atoms with van der Waals surface area (Å²) in [5.41, 5.74) is 3.93. The summed E-state index contributed by atoms with van der Waals surface area (Å²) in [6, 6.07) is 14.8. The van der Waals surface area contributed by atoms with Crippen molar-refractivity contribution in [1.82, 2.24) is 10.4 Å². The Kier molecular flexibility index (Phi) is 5.80. The van der Waals surface area contributed by atoms with Crippen LogP contribution in [0, 0.1) is 0 Å². The molecule has 1 N–H and O–H groups in total. The molecule has 0 aliphatic heterocycles. The van der Waals surface area contributed by atoms with Gasteiger partial charge in [-0.1, -0.05) is 34.1 Å². The second-order valence-corrected chi connectivity index (χ2v) is 6.15. The molecule has 1 aromatic heterocycles. The van der Waals surface area contributed by atoms with Gasteiger partial charge in [-0.2, -0.15) is 5.10 Å². The number of nitrogens with zero attached hydrogens (tertiary/aromatic N) is 2. The number of methoxy groups -OCH3 is 1. The SMILES string of the molecule is COc1ccc(Br)c(/C=N/NC(=O)COc2cccc3cccnc23)c1. The number of hydrazone groups is 1. The van der Waals surface area contributed by atoms with Gasteiger partial charge in [0, 0.05) is 21.6 Å². The van der Waals surface area contributed by atoms with Crippen molar-refractivity contribution >= 4 is 39.0 Å². The van der Waals surface area contributed by atoms with E-state index >= 15 is 0 Å². The van der Waals surface area contributed by atoms with E-state index in [0.29, 0.717) is 17.0 Å². The molecule has 7 heteroatoms. The van der Waals surface area contributed by atoms with Gasteiger partial charge in [0.15, 0.2) is 6.61 Å². The van der Waals surface area contributed by atoms with Crippen LogP contribution in [-0.2, 0) is 4.79 Å². The minimum Gasteiger partial charge on any atom is -0.497 e. The maximum absolute atomic E-state index is 11.9. The van der Waals surface area contributed by atoms with Crippen LogP contribution in [0.3, 0.4) is 0 Å². The van der Waals surface area contributed by atoms with E-state index in [2.05, 4.69) is 31.4 Å². The highest BCUT2D eigenvalue weighted by molar-refractivity contribution is 9.10. The summed E-state index contributed by atoms with van der Waals surface area (Å²) < 4.78 is 11.6. The standard InChI is InChI=1S/C19H16BrN3O3/c1-25-15-7-8-16(20)14(10-15)11-22-23-18(24)12-26-17-6-2-4-13-5-3-9-21-19(13)17/h2-11H,12H2,1H3,(H,23,24)/b22-11+. The molecule has 0 aliphatic rings. The zero-order valence-electron chi connectivity index (χ0n) is 14.0. The Labute approximate surface area is 159 Å². The molecule has 132 valence electrons. The predicted molar refractivity (Wildman–Crippen MR) is 104 cm³/mol. The minimum absolute atomic E-state index is 0.160. The molecule has 2 aromatic carbocycles. The molecule has 0 radical (unpaired) electrons. The van der Waals surface area contributed by atoms with E-state index in [1.807, 2.05) is 36.4 Å². The number of fused-ring (bicyclic) bond motifs is 1. The average Bonchev–Trinajstić information content (AvgIpc) is 2.67. The fraction of sp³-hybridized carbons (Fsp3) is 0.105. The van der Waals surface area contributed by atoms with E-state index < -0.39 is 0 Å². The van der Waals surface area contributed by atoms with E-state index in [-0.39, 0.29) is 12.5 Å². The van der Waals surface area contributed by atoms with E-state index in [0.717, 1.165) is 15.4 Å². The molecule has 0 fully saturated rings. The van der Waals surface area contributed by atoms with Gasteiger partial charge in [0.1, 0.15) is 17.0 Å². The lowest BCUT2D eigenvalue weighted by Crippen LogP contribution is -2.24. The number of hydrogen-bond donors (Lipinski definition) is 1. The Morgan fingerprint density at radius 2 is 2.12 bits per heavy atom. The first-order valence-corrected chi connectivity index (χ1v) is 8.58. The van der Waals surface area contributed by atoms with Crippen molar-refractivity contribution in [2.24, 2.45) is 5.10 Å². The van der Waals surface area contributed by atoms with Crippen LogP contribution in [0.25, 0.3) is 10.9 Å². The Bertz CT molecular complexity index is 954. The number of para-hydroxylation sites is 1. The fourth-order valence-corrected chi connectivity index (χ4v) is 2.64. The number of nitrogens with one attached hydrogen (secondary N) is 1. The summed E-state index contributed by atoms with van der Waals surface area (Å²) in [6.45, 7) is -0.160. The molecule has 0 saturated heterocycles.